The first-order valence-corrected chi connectivity index (χ1v) is 5.19. The largest absolute Gasteiger partial charge is 0.338 e. The first-order valence-electron chi connectivity index (χ1n) is 5.19. The van der Waals surface area contributed by atoms with Crippen molar-refractivity contribution in [2.45, 2.75) is 39.7 Å². The zero-order valence-electron chi connectivity index (χ0n) is 8.84. The predicted octanol–water partition coefficient (Wildman–Crippen LogP) is 1.84. The van der Waals surface area contributed by atoms with E-state index in [4.69, 9.17) is 0 Å². The molecule has 1 rings (SSSR count). The Morgan fingerprint density at radius 1 is 1.54 bits per heavy atom. The standard InChI is InChI=1S/C10H20N2O/c1-4-11-10(13)12(7-8(2)3)9-5-6-9/h8-9H,4-7H2,1-3H3,(H,11,13). The van der Waals surface area contributed by atoms with Gasteiger partial charge in [0.15, 0.2) is 0 Å². The van der Waals surface area contributed by atoms with Crippen LogP contribution in [0.25, 0.3) is 0 Å². The summed E-state index contributed by atoms with van der Waals surface area (Å²) in [6, 6.07) is 0.632. The molecule has 13 heavy (non-hydrogen) atoms. The minimum atomic E-state index is 0.110. The molecule has 0 spiro atoms. The van der Waals surface area contributed by atoms with Gasteiger partial charge in [0.2, 0.25) is 0 Å². The summed E-state index contributed by atoms with van der Waals surface area (Å²) >= 11 is 0. The summed E-state index contributed by atoms with van der Waals surface area (Å²) in [7, 11) is 0. The highest BCUT2D eigenvalue weighted by Gasteiger charge is 2.32. The molecule has 1 N–H and O–H groups in total. The van der Waals surface area contributed by atoms with E-state index in [9.17, 15) is 4.79 Å². The molecule has 0 heterocycles. The second-order valence-electron chi connectivity index (χ2n) is 4.11. The lowest BCUT2D eigenvalue weighted by Gasteiger charge is -2.24. The summed E-state index contributed by atoms with van der Waals surface area (Å²) in [6.45, 7) is 7.86. The van der Waals surface area contributed by atoms with E-state index in [1.165, 1.54) is 12.8 Å². The van der Waals surface area contributed by atoms with Crippen LogP contribution in [0.1, 0.15) is 33.6 Å². The minimum absolute atomic E-state index is 0.110. The van der Waals surface area contributed by atoms with Gasteiger partial charge < -0.3 is 10.2 Å². The number of nitrogens with one attached hydrogen (secondary N) is 1. The molecule has 0 aromatic carbocycles. The molecule has 0 atom stereocenters. The SMILES string of the molecule is CCNC(=O)N(CC(C)C)C1CC1. The van der Waals surface area contributed by atoms with Gasteiger partial charge in [-0.25, -0.2) is 4.79 Å². The van der Waals surface area contributed by atoms with Crippen LogP contribution < -0.4 is 5.32 Å². The Morgan fingerprint density at radius 2 is 2.15 bits per heavy atom. The molecule has 1 aliphatic rings. The fraction of sp³-hybridized carbons (Fsp3) is 0.900. The summed E-state index contributed by atoms with van der Waals surface area (Å²) < 4.78 is 0. The zero-order chi connectivity index (χ0) is 9.84. The molecule has 3 heteroatoms. The first-order chi connectivity index (χ1) is 6.15. The first kappa shape index (κ1) is 10.4. The molecule has 2 amide bonds. The maximum absolute atomic E-state index is 11.6. The third kappa shape index (κ3) is 3.25. The Balaban J connectivity index is 2.41. The number of hydrogen-bond donors (Lipinski definition) is 1. The van der Waals surface area contributed by atoms with Crippen LogP contribution in [-0.4, -0.2) is 30.1 Å². The molecule has 0 saturated heterocycles. The van der Waals surface area contributed by atoms with Crippen molar-refractivity contribution in [1.29, 1.82) is 0 Å². The average Bonchev–Trinajstić information content (AvgIpc) is 2.82. The lowest BCUT2D eigenvalue weighted by atomic mass is 10.2. The van der Waals surface area contributed by atoms with E-state index < -0.39 is 0 Å². The van der Waals surface area contributed by atoms with Crippen LogP contribution in [0.2, 0.25) is 0 Å². The summed E-state index contributed by atoms with van der Waals surface area (Å²) in [6.07, 6.45) is 2.37. The van der Waals surface area contributed by atoms with Gasteiger partial charge in [0.05, 0.1) is 0 Å². The van der Waals surface area contributed by atoms with Crippen LogP contribution in [-0.2, 0) is 0 Å². The number of urea groups is 1. The molecule has 0 radical (unpaired) electrons. The third-order valence-electron chi connectivity index (χ3n) is 2.14. The molecule has 0 bridgehead atoms. The Morgan fingerprint density at radius 3 is 2.54 bits per heavy atom. The highest BCUT2D eigenvalue weighted by Crippen LogP contribution is 2.27. The fourth-order valence-corrected chi connectivity index (χ4v) is 1.43. The summed E-state index contributed by atoms with van der Waals surface area (Å²) in [5.41, 5.74) is 0. The van der Waals surface area contributed by atoms with Gasteiger partial charge in [0.1, 0.15) is 0 Å². The van der Waals surface area contributed by atoms with Crippen molar-refractivity contribution in [2.75, 3.05) is 13.1 Å². The third-order valence-corrected chi connectivity index (χ3v) is 2.14. The molecule has 0 aliphatic heterocycles. The molecule has 1 aliphatic carbocycles. The zero-order valence-corrected chi connectivity index (χ0v) is 8.84. The Labute approximate surface area is 80.5 Å². The van der Waals surface area contributed by atoms with Crippen molar-refractivity contribution < 1.29 is 4.79 Å². The highest BCUT2D eigenvalue weighted by molar-refractivity contribution is 5.74. The number of amides is 2. The van der Waals surface area contributed by atoms with Gasteiger partial charge in [-0.05, 0) is 25.7 Å². The van der Waals surface area contributed by atoms with Gasteiger partial charge in [-0.2, -0.15) is 0 Å². The van der Waals surface area contributed by atoms with Crippen molar-refractivity contribution in [2.24, 2.45) is 5.92 Å². The van der Waals surface area contributed by atoms with Crippen molar-refractivity contribution in [3.8, 4) is 0 Å². The molecule has 0 unspecified atom stereocenters. The van der Waals surface area contributed by atoms with E-state index >= 15 is 0 Å². The molecule has 1 fully saturated rings. The van der Waals surface area contributed by atoms with Crippen molar-refractivity contribution in [3.05, 3.63) is 0 Å². The van der Waals surface area contributed by atoms with Gasteiger partial charge >= 0.3 is 6.03 Å². The van der Waals surface area contributed by atoms with E-state index in [2.05, 4.69) is 19.2 Å². The number of carbonyl (C=O) groups is 1. The molecule has 0 aromatic heterocycles. The van der Waals surface area contributed by atoms with E-state index in [1.54, 1.807) is 0 Å². The normalized spacial score (nSPS) is 16.0. The second-order valence-corrected chi connectivity index (χ2v) is 4.11. The summed E-state index contributed by atoms with van der Waals surface area (Å²) in [5.74, 6) is 0.559. The molecule has 3 nitrogen and oxygen atoms in total. The molecular formula is C10H20N2O. The Kier molecular flexibility index (Phi) is 3.58. The average molecular weight is 184 g/mol. The molecule has 1 saturated carbocycles. The van der Waals surface area contributed by atoms with Crippen LogP contribution in [0.5, 0.6) is 0 Å². The predicted molar refractivity (Wildman–Crippen MR) is 53.6 cm³/mol. The lowest BCUT2D eigenvalue weighted by Crippen LogP contribution is -2.43. The summed E-state index contributed by atoms with van der Waals surface area (Å²) in [5, 5.41) is 2.86. The van der Waals surface area contributed by atoms with Crippen molar-refractivity contribution >= 4 is 6.03 Å². The number of rotatable bonds is 4. The van der Waals surface area contributed by atoms with Crippen LogP contribution in [0.3, 0.4) is 0 Å². The monoisotopic (exact) mass is 184 g/mol. The fourth-order valence-electron chi connectivity index (χ4n) is 1.43. The number of carbonyl (C=O) groups excluding carboxylic acids is 1. The summed E-state index contributed by atoms with van der Waals surface area (Å²) in [4.78, 5) is 13.6. The number of nitrogens with zero attached hydrogens (tertiary/aromatic N) is 1. The van der Waals surface area contributed by atoms with Crippen LogP contribution >= 0.6 is 0 Å². The van der Waals surface area contributed by atoms with Crippen LogP contribution in [0.4, 0.5) is 4.79 Å². The molecule has 76 valence electrons. The topological polar surface area (TPSA) is 32.3 Å². The maximum atomic E-state index is 11.6. The van der Waals surface area contributed by atoms with Gasteiger partial charge in [-0.15, -0.1) is 0 Å². The van der Waals surface area contributed by atoms with E-state index in [0.717, 1.165) is 13.1 Å². The Bertz CT molecular complexity index is 176. The van der Waals surface area contributed by atoms with E-state index in [1.807, 2.05) is 11.8 Å². The second kappa shape index (κ2) is 4.49. The van der Waals surface area contributed by atoms with Gasteiger partial charge in [0, 0.05) is 19.1 Å². The molecule has 0 aromatic rings. The smallest absolute Gasteiger partial charge is 0.317 e. The maximum Gasteiger partial charge on any atom is 0.317 e. The minimum Gasteiger partial charge on any atom is -0.338 e. The van der Waals surface area contributed by atoms with E-state index in [0.29, 0.717) is 12.0 Å². The lowest BCUT2D eigenvalue weighted by molar-refractivity contribution is 0.188. The van der Waals surface area contributed by atoms with Crippen LogP contribution in [0.15, 0.2) is 0 Å². The van der Waals surface area contributed by atoms with Gasteiger partial charge in [0.25, 0.3) is 0 Å². The van der Waals surface area contributed by atoms with Crippen LogP contribution in [0, 0.1) is 5.92 Å². The van der Waals surface area contributed by atoms with Gasteiger partial charge in [-0.1, -0.05) is 13.8 Å². The Hall–Kier alpha value is -0.730. The highest BCUT2D eigenvalue weighted by atomic mass is 16.2. The quantitative estimate of drug-likeness (QED) is 0.710. The van der Waals surface area contributed by atoms with Crippen molar-refractivity contribution in [1.82, 2.24) is 10.2 Å². The molecular weight excluding hydrogens is 164 g/mol. The van der Waals surface area contributed by atoms with E-state index in [-0.39, 0.29) is 6.03 Å². The van der Waals surface area contributed by atoms with Gasteiger partial charge in [-0.3, -0.25) is 0 Å². The number of hydrogen-bond acceptors (Lipinski definition) is 1. The van der Waals surface area contributed by atoms with Crippen molar-refractivity contribution in [3.63, 3.8) is 0 Å².